The number of nitriles is 1. The Morgan fingerprint density at radius 1 is 1.60 bits per heavy atom. The Morgan fingerprint density at radius 3 is 2.80 bits per heavy atom. The number of hydrogen-bond acceptors (Lipinski definition) is 5. The van der Waals surface area contributed by atoms with Crippen LogP contribution in [-0.2, 0) is 9.53 Å². The summed E-state index contributed by atoms with van der Waals surface area (Å²) >= 11 is 0. The lowest BCUT2D eigenvalue weighted by molar-refractivity contribution is -0.137. The fraction of sp³-hybridized carbons (Fsp3) is 0.200. The summed E-state index contributed by atoms with van der Waals surface area (Å²) < 4.78 is 4.70. The van der Waals surface area contributed by atoms with Gasteiger partial charge in [0.2, 0.25) is 0 Å². The largest absolute Gasteiger partial charge is 0.462 e. The van der Waals surface area contributed by atoms with Crippen LogP contribution in [0.25, 0.3) is 6.08 Å². The molecular formula is C10H9N3O2. The van der Waals surface area contributed by atoms with Crippen LogP contribution in [0, 0.1) is 11.3 Å². The van der Waals surface area contributed by atoms with Gasteiger partial charge in [-0.05, 0) is 13.0 Å². The molecular weight excluding hydrogens is 194 g/mol. The molecule has 1 heterocycles. The van der Waals surface area contributed by atoms with E-state index in [4.69, 9.17) is 10.00 Å². The molecule has 0 unspecified atom stereocenters. The van der Waals surface area contributed by atoms with E-state index in [2.05, 4.69) is 9.97 Å². The second kappa shape index (κ2) is 5.50. The van der Waals surface area contributed by atoms with Gasteiger partial charge in [0.05, 0.1) is 6.61 Å². The molecule has 0 saturated heterocycles. The zero-order valence-corrected chi connectivity index (χ0v) is 8.17. The van der Waals surface area contributed by atoms with Gasteiger partial charge in [-0.1, -0.05) is 0 Å². The van der Waals surface area contributed by atoms with E-state index in [9.17, 15) is 4.79 Å². The first-order valence-corrected chi connectivity index (χ1v) is 4.32. The number of rotatable bonds is 3. The summed E-state index contributed by atoms with van der Waals surface area (Å²) in [5.41, 5.74) is 0.522. The van der Waals surface area contributed by atoms with Crippen LogP contribution < -0.4 is 0 Å². The molecule has 0 bridgehead atoms. The van der Waals surface area contributed by atoms with Crippen molar-refractivity contribution in [1.82, 2.24) is 9.97 Å². The SMILES string of the molecule is CCOC(=O)/C(C#N)=C/c1cncnc1. The number of hydrogen-bond donors (Lipinski definition) is 0. The van der Waals surface area contributed by atoms with Crippen molar-refractivity contribution in [2.24, 2.45) is 0 Å². The van der Waals surface area contributed by atoms with E-state index >= 15 is 0 Å². The molecule has 5 heteroatoms. The van der Waals surface area contributed by atoms with E-state index in [0.29, 0.717) is 5.56 Å². The average Bonchev–Trinajstić information content (AvgIpc) is 2.27. The van der Waals surface area contributed by atoms with E-state index in [0.717, 1.165) is 0 Å². The normalized spacial score (nSPS) is 10.5. The van der Waals surface area contributed by atoms with Crippen LogP contribution in [0.2, 0.25) is 0 Å². The Bertz CT molecular complexity index is 406. The molecule has 0 radical (unpaired) electrons. The number of nitrogens with zero attached hydrogens (tertiary/aromatic N) is 3. The van der Waals surface area contributed by atoms with Crippen molar-refractivity contribution in [1.29, 1.82) is 5.26 Å². The highest BCUT2D eigenvalue weighted by Crippen LogP contribution is 2.05. The van der Waals surface area contributed by atoms with Crippen molar-refractivity contribution >= 4 is 12.0 Å². The molecule has 0 aliphatic heterocycles. The summed E-state index contributed by atoms with van der Waals surface area (Å²) in [7, 11) is 0. The topological polar surface area (TPSA) is 75.9 Å². The lowest BCUT2D eigenvalue weighted by atomic mass is 10.2. The van der Waals surface area contributed by atoms with E-state index in [1.54, 1.807) is 13.0 Å². The number of ether oxygens (including phenoxy) is 1. The third kappa shape index (κ3) is 3.19. The van der Waals surface area contributed by atoms with Gasteiger partial charge in [0.1, 0.15) is 18.0 Å². The summed E-state index contributed by atoms with van der Waals surface area (Å²) in [6.07, 6.45) is 5.76. The molecule has 15 heavy (non-hydrogen) atoms. The van der Waals surface area contributed by atoms with E-state index < -0.39 is 5.97 Å². The van der Waals surface area contributed by atoms with Gasteiger partial charge in [0.15, 0.2) is 0 Å². The fourth-order valence-electron chi connectivity index (χ4n) is 0.898. The molecule has 1 rings (SSSR count). The molecule has 0 spiro atoms. The summed E-state index contributed by atoms with van der Waals surface area (Å²) in [5.74, 6) is -0.635. The smallest absolute Gasteiger partial charge is 0.348 e. The summed E-state index contributed by atoms with van der Waals surface area (Å²) in [6.45, 7) is 1.92. The predicted octanol–water partition coefficient (Wildman–Crippen LogP) is 0.947. The maximum atomic E-state index is 11.2. The summed E-state index contributed by atoms with van der Waals surface area (Å²) in [4.78, 5) is 18.7. The second-order valence-corrected chi connectivity index (χ2v) is 2.56. The fourth-order valence-corrected chi connectivity index (χ4v) is 0.898. The molecule has 0 atom stereocenters. The van der Waals surface area contributed by atoms with Crippen LogP contribution in [0.5, 0.6) is 0 Å². The Hall–Kier alpha value is -2.22. The van der Waals surface area contributed by atoms with E-state index in [1.807, 2.05) is 0 Å². The second-order valence-electron chi connectivity index (χ2n) is 2.56. The van der Waals surface area contributed by atoms with Crippen molar-refractivity contribution in [3.63, 3.8) is 0 Å². The first kappa shape index (κ1) is 10.9. The predicted molar refractivity (Wildman–Crippen MR) is 52.3 cm³/mol. The molecule has 0 N–H and O–H groups in total. The quantitative estimate of drug-likeness (QED) is 0.415. The highest BCUT2D eigenvalue weighted by Gasteiger charge is 2.09. The van der Waals surface area contributed by atoms with Crippen LogP contribution in [0.4, 0.5) is 0 Å². The maximum Gasteiger partial charge on any atom is 0.348 e. The van der Waals surface area contributed by atoms with Crippen molar-refractivity contribution < 1.29 is 9.53 Å². The molecule has 0 saturated carbocycles. The molecule has 76 valence electrons. The van der Waals surface area contributed by atoms with Gasteiger partial charge >= 0.3 is 5.97 Å². The van der Waals surface area contributed by atoms with Gasteiger partial charge in [-0.3, -0.25) is 0 Å². The van der Waals surface area contributed by atoms with Gasteiger partial charge in [0.25, 0.3) is 0 Å². The van der Waals surface area contributed by atoms with Gasteiger partial charge in [-0.15, -0.1) is 0 Å². The number of carbonyl (C=O) groups excluding carboxylic acids is 1. The Kier molecular flexibility index (Phi) is 3.98. The first-order chi connectivity index (χ1) is 7.27. The van der Waals surface area contributed by atoms with Gasteiger partial charge in [0, 0.05) is 18.0 Å². The highest BCUT2D eigenvalue weighted by atomic mass is 16.5. The zero-order chi connectivity index (χ0) is 11.1. The highest BCUT2D eigenvalue weighted by molar-refractivity contribution is 5.97. The van der Waals surface area contributed by atoms with Gasteiger partial charge in [-0.25, -0.2) is 14.8 Å². The van der Waals surface area contributed by atoms with Crippen LogP contribution >= 0.6 is 0 Å². The molecule has 0 amide bonds. The molecule has 0 aromatic carbocycles. The molecule has 1 aromatic rings. The van der Waals surface area contributed by atoms with Crippen LogP contribution in [0.3, 0.4) is 0 Å². The molecule has 0 aliphatic rings. The van der Waals surface area contributed by atoms with E-state index in [1.165, 1.54) is 24.8 Å². The average molecular weight is 203 g/mol. The van der Waals surface area contributed by atoms with Gasteiger partial charge < -0.3 is 4.74 Å². The van der Waals surface area contributed by atoms with Crippen LogP contribution in [0.1, 0.15) is 12.5 Å². The number of esters is 1. The lowest BCUT2D eigenvalue weighted by Gasteiger charge is -1.98. The van der Waals surface area contributed by atoms with Crippen molar-refractivity contribution in [3.05, 3.63) is 29.9 Å². The molecule has 0 fully saturated rings. The van der Waals surface area contributed by atoms with Gasteiger partial charge in [-0.2, -0.15) is 5.26 Å². The minimum atomic E-state index is -0.635. The Morgan fingerprint density at radius 2 is 2.27 bits per heavy atom. The monoisotopic (exact) mass is 203 g/mol. The van der Waals surface area contributed by atoms with Crippen LogP contribution in [-0.4, -0.2) is 22.5 Å². The molecule has 1 aromatic heterocycles. The molecule has 5 nitrogen and oxygen atoms in total. The summed E-state index contributed by atoms with van der Waals surface area (Å²) in [5, 5.41) is 8.72. The number of aromatic nitrogens is 2. The van der Waals surface area contributed by atoms with Crippen molar-refractivity contribution in [3.8, 4) is 6.07 Å². The first-order valence-electron chi connectivity index (χ1n) is 4.32. The van der Waals surface area contributed by atoms with E-state index in [-0.39, 0.29) is 12.2 Å². The standard InChI is InChI=1S/C10H9N3O2/c1-2-15-10(14)9(4-11)3-8-5-12-7-13-6-8/h3,5-7H,2H2,1H3/b9-3+. The summed E-state index contributed by atoms with van der Waals surface area (Å²) in [6, 6.07) is 1.77. The zero-order valence-electron chi connectivity index (χ0n) is 8.17. The van der Waals surface area contributed by atoms with Crippen molar-refractivity contribution in [2.75, 3.05) is 6.61 Å². The lowest BCUT2D eigenvalue weighted by Crippen LogP contribution is -2.06. The maximum absolute atomic E-state index is 11.2. The third-order valence-electron chi connectivity index (χ3n) is 1.51. The minimum absolute atomic E-state index is 0.0633. The number of carbonyl (C=O) groups is 1. The van der Waals surface area contributed by atoms with Crippen LogP contribution in [0.15, 0.2) is 24.3 Å². The minimum Gasteiger partial charge on any atom is -0.462 e. The third-order valence-corrected chi connectivity index (χ3v) is 1.51. The molecule has 0 aliphatic carbocycles. The Balaban J connectivity index is 2.89. The Labute approximate surface area is 87.0 Å². The van der Waals surface area contributed by atoms with Crippen molar-refractivity contribution in [2.45, 2.75) is 6.92 Å².